The molecule has 2 N–H and O–H groups in total. The molecule has 0 heterocycles. The van der Waals surface area contributed by atoms with E-state index in [9.17, 15) is 14.4 Å². The number of aromatic carboxylic acids is 1. The Labute approximate surface area is 135 Å². The fourth-order valence-corrected chi connectivity index (χ4v) is 2.04. The van der Waals surface area contributed by atoms with E-state index in [-0.39, 0.29) is 23.6 Å². The highest BCUT2D eigenvalue weighted by Crippen LogP contribution is 2.12. The molecule has 0 atom stereocenters. The zero-order chi connectivity index (χ0) is 17.4. The van der Waals surface area contributed by atoms with Crippen LogP contribution in [0.25, 0.3) is 0 Å². The third-order valence-corrected chi connectivity index (χ3v) is 3.15. The second kappa shape index (κ2) is 8.89. The van der Waals surface area contributed by atoms with Crippen LogP contribution in [-0.2, 0) is 9.53 Å². The molecule has 0 bridgehead atoms. The molecular formula is C16H22N2O5. The van der Waals surface area contributed by atoms with Crippen LogP contribution in [0.2, 0.25) is 0 Å². The molecule has 7 heteroatoms. The minimum atomic E-state index is -1.10. The first kappa shape index (κ1) is 18.6. The Bertz CT molecular complexity index is 586. The molecule has 0 saturated carbocycles. The first-order chi connectivity index (χ1) is 10.8. The number of carboxylic acids is 1. The molecule has 0 aliphatic rings. The smallest absolute Gasteiger partial charge is 0.335 e. The number of ether oxygens (including phenoxy) is 1. The Morgan fingerprint density at radius 3 is 2.48 bits per heavy atom. The molecule has 0 fully saturated rings. The number of hydrogen-bond donors (Lipinski definition) is 2. The highest BCUT2D eigenvalue weighted by molar-refractivity contribution is 5.99. The van der Waals surface area contributed by atoms with Crippen LogP contribution in [0.15, 0.2) is 18.2 Å². The van der Waals surface area contributed by atoms with E-state index >= 15 is 0 Å². The quantitative estimate of drug-likeness (QED) is 0.694. The number of hydrogen-bond acceptors (Lipinski definition) is 4. The number of benzene rings is 1. The molecule has 0 aliphatic heterocycles. The van der Waals surface area contributed by atoms with E-state index in [2.05, 4.69) is 5.32 Å². The van der Waals surface area contributed by atoms with Gasteiger partial charge in [0.1, 0.15) is 0 Å². The van der Waals surface area contributed by atoms with E-state index in [0.29, 0.717) is 25.1 Å². The normalized spacial score (nSPS) is 10.2. The lowest BCUT2D eigenvalue weighted by molar-refractivity contribution is -0.121. The predicted molar refractivity (Wildman–Crippen MR) is 84.6 cm³/mol. The highest BCUT2D eigenvalue weighted by atomic mass is 16.5. The molecule has 23 heavy (non-hydrogen) atoms. The summed E-state index contributed by atoms with van der Waals surface area (Å²) in [5.41, 5.74) is 0.966. The van der Waals surface area contributed by atoms with Gasteiger partial charge in [-0.2, -0.15) is 0 Å². The third-order valence-electron chi connectivity index (χ3n) is 3.15. The van der Waals surface area contributed by atoms with E-state index in [0.717, 1.165) is 0 Å². The number of carbonyl (C=O) groups excluding carboxylic acids is 2. The molecule has 1 aromatic carbocycles. The van der Waals surface area contributed by atoms with Crippen molar-refractivity contribution in [3.63, 3.8) is 0 Å². The molecule has 1 aromatic rings. The summed E-state index contributed by atoms with van der Waals surface area (Å²) in [5.74, 6) is -1.77. The summed E-state index contributed by atoms with van der Waals surface area (Å²) >= 11 is 0. The lowest BCUT2D eigenvalue weighted by Gasteiger charge is -2.17. The van der Waals surface area contributed by atoms with E-state index in [1.54, 1.807) is 20.1 Å². The van der Waals surface area contributed by atoms with Crippen molar-refractivity contribution in [2.75, 3.05) is 33.9 Å². The first-order valence-corrected chi connectivity index (χ1v) is 7.21. The maximum absolute atomic E-state index is 12.3. The Hall–Kier alpha value is -2.41. The van der Waals surface area contributed by atoms with Crippen LogP contribution in [0.5, 0.6) is 0 Å². The van der Waals surface area contributed by atoms with Crippen molar-refractivity contribution in [2.45, 2.75) is 13.3 Å². The van der Waals surface area contributed by atoms with Crippen LogP contribution in [-0.4, -0.2) is 61.6 Å². The van der Waals surface area contributed by atoms with Gasteiger partial charge >= 0.3 is 5.97 Å². The maximum Gasteiger partial charge on any atom is 0.335 e. The summed E-state index contributed by atoms with van der Waals surface area (Å²) in [7, 11) is 3.08. The van der Waals surface area contributed by atoms with Crippen molar-refractivity contribution in [3.8, 4) is 0 Å². The zero-order valence-corrected chi connectivity index (χ0v) is 13.6. The SMILES string of the molecule is COCCCNC(=O)CN(C)C(=O)c1cc(C)cc(C(=O)O)c1. The minimum absolute atomic E-state index is 0.0470. The van der Waals surface area contributed by atoms with Crippen molar-refractivity contribution < 1.29 is 24.2 Å². The molecule has 0 aliphatic carbocycles. The number of amides is 2. The van der Waals surface area contributed by atoms with E-state index in [1.807, 2.05) is 0 Å². The van der Waals surface area contributed by atoms with Gasteiger partial charge in [0.15, 0.2) is 0 Å². The van der Waals surface area contributed by atoms with E-state index < -0.39 is 11.9 Å². The molecule has 0 unspecified atom stereocenters. The molecule has 7 nitrogen and oxygen atoms in total. The molecule has 126 valence electrons. The van der Waals surface area contributed by atoms with Gasteiger partial charge in [-0.15, -0.1) is 0 Å². The second-order valence-corrected chi connectivity index (χ2v) is 5.25. The van der Waals surface area contributed by atoms with Crippen LogP contribution in [0.3, 0.4) is 0 Å². The predicted octanol–water partition coefficient (Wildman–Crippen LogP) is 0.918. The van der Waals surface area contributed by atoms with Crippen molar-refractivity contribution >= 4 is 17.8 Å². The van der Waals surface area contributed by atoms with Crippen molar-refractivity contribution in [2.24, 2.45) is 0 Å². The Balaban J connectivity index is 2.66. The Morgan fingerprint density at radius 1 is 1.22 bits per heavy atom. The molecule has 1 rings (SSSR count). The fraction of sp³-hybridized carbons (Fsp3) is 0.438. The molecular weight excluding hydrogens is 300 g/mol. The summed E-state index contributed by atoms with van der Waals surface area (Å²) < 4.78 is 4.88. The van der Waals surface area contributed by atoms with Gasteiger partial charge in [-0.05, 0) is 37.1 Å². The van der Waals surface area contributed by atoms with Gasteiger partial charge in [0, 0.05) is 32.9 Å². The van der Waals surface area contributed by atoms with Crippen LogP contribution < -0.4 is 5.32 Å². The van der Waals surface area contributed by atoms with Gasteiger partial charge in [0.25, 0.3) is 5.91 Å². The van der Waals surface area contributed by atoms with E-state index in [4.69, 9.17) is 9.84 Å². The van der Waals surface area contributed by atoms with Crippen molar-refractivity contribution in [1.29, 1.82) is 0 Å². The summed E-state index contributed by atoms with van der Waals surface area (Å²) in [5, 5.41) is 11.7. The number of aryl methyl sites for hydroxylation is 1. The lowest BCUT2D eigenvalue weighted by atomic mass is 10.1. The average Bonchev–Trinajstić information content (AvgIpc) is 2.50. The van der Waals surface area contributed by atoms with Gasteiger partial charge in [0.2, 0.25) is 5.91 Å². The number of likely N-dealkylation sites (N-methyl/N-ethyl adjacent to an activating group) is 1. The van der Waals surface area contributed by atoms with Gasteiger partial charge in [0.05, 0.1) is 12.1 Å². The molecule has 0 saturated heterocycles. The monoisotopic (exact) mass is 322 g/mol. The summed E-state index contributed by atoms with van der Waals surface area (Å²) in [6, 6.07) is 4.40. The number of nitrogens with zero attached hydrogens (tertiary/aromatic N) is 1. The van der Waals surface area contributed by atoms with Gasteiger partial charge in [-0.25, -0.2) is 4.79 Å². The average molecular weight is 322 g/mol. The number of carboxylic acid groups (broad SMARTS) is 1. The van der Waals surface area contributed by atoms with Crippen LogP contribution >= 0.6 is 0 Å². The fourth-order valence-electron chi connectivity index (χ4n) is 2.04. The molecule has 0 aromatic heterocycles. The first-order valence-electron chi connectivity index (χ1n) is 7.21. The summed E-state index contributed by atoms with van der Waals surface area (Å²) in [6.07, 6.45) is 0.694. The Morgan fingerprint density at radius 2 is 1.87 bits per heavy atom. The van der Waals surface area contributed by atoms with Crippen LogP contribution in [0.1, 0.15) is 32.7 Å². The molecule has 0 radical (unpaired) electrons. The number of methoxy groups -OCH3 is 1. The number of rotatable bonds is 8. The van der Waals surface area contributed by atoms with Gasteiger partial charge in [-0.1, -0.05) is 0 Å². The lowest BCUT2D eigenvalue weighted by Crippen LogP contribution is -2.38. The molecule has 2 amide bonds. The largest absolute Gasteiger partial charge is 0.478 e. The maximum atomic E-state index is 12.3. The summed E-state index contributed by atoms with van der Waals surface area (Å²) in [6.45, 7) is 2.65. The van der Waals surface area contributed by atoms with Crippen molar-refractivity contribution in [3.05, 3.63) is 34.9 Å². The standard InChI is InChI=1S/C16H22N2O5/c1-11-7-12(9-13(8-11)16(21)22)15(20)18(2)10-14(19)17-5-4-6-23-3/h7-9H,4-6,10H2,1-3H3,(H,17,19)(H,21,22). The Kier molecular flexibility index (Phi) is 7.21. The molecule has 0 spiro atoms. The third kappa shape index (κ3) is 6.07. The van der Waals surface area contributed by atoms with Gasteiger partial charge in [-0.3, -0.25) is 9.59 Å². The summed E-state index contributed by atoms with van der Waals surface area (Å²) in [4.78, 5) is 36.4. The highest BCUT2D eigenvalue weighted by Gasteiger charge is 2.17. The minimum Gasteiger partial charge on any atom is -0.478 e. The van der Waals surface area contributed by atoms with Gasteiger partial charge < -0.3 is 20.1 Å². The van der Waals surface area contributed by atoms with Crippen molar-refractivity contribution in [1.82, 2.24) is 10.2 Å². The van der Waals surface area contributed by atoms with E-state index in [1.165, 1.54) is 24.1 Å². The van der Waals surface area contributed by atoms with Crippen LogP contribution in [0, 0.1) is 6.92 Å². The zero-order valence-electron chi connectivity index (χ0n) is 13.6. The number of carbonyl (C=O) groups is 3. The topological polar surface area (TPSA) is 95.9 Å². The second-order valence-electron chi connectivity index (χ2n) is 5.25. The number of nitrogens with one attached hydrogen (secondary N) is 1. The van der Waals surface area contributed by atoms with Crippen LogP contribution in [0.4, 0.5) is 0 Å².